The topological polar surface area (TPSA) is 78.9 Å². The van der Waals surface area contributed by atoms with Crippen molar-refractivity contribution in [2.75, 3.05) is 34.5 Å². The molecule has 0 rings (SSSR count). The molecule has 0 bridgehead atoms. The monoisotopic (exact) mass is 758 g/mol. The van der Waals surface area contributed by atoms with Crippen molar-refractivity contribution in [2.45, 2.75) is 148 Å². The van der Waals surface area contributed by atoms with Crippen LogP contribution in [0.1, 0.15) is 143 Å². The average molecular weight is 758 g/mol. The van der Waals surface area contributed by atoms with E-state index in [2.05, 4.69) is 27.7 Å². The third-order valence-corrected chi connectivity index (χ3v) is 17.2. The summed E-state index contributed by atoms with van der Waals surface area (Å²) in [5.74, 6) is 1.97. The van der Waals surface area contributed by atoms with Gasteiger partial charge in [0.25, 0.3) is 0 Å². The molecule has 0 amide bonds. The zero-order valence-electron chi connectivity index (χ0n) is 27.4. The fraction of sp³-hybridized carbons (Fsp3) is 0.906. The first-order valence-electron chi connectivity index (χ1n) is 16.8. The summed E-state index contributed by atoms with van der Waals surface area (Å²) < 4.78 is 18.4. The first kappa shape index (κ1) is 42.3. The number of hydrogen-bond acceptors (Lipinski definition) is 9. The van der Waals surface area contributed by atoms with E-state index in [9.17, 15) is 14.4 Å². The number of carbonyl (C=O) groups is 3. The predicted octanol–water partition coefficient (Wildman–Crippen LogP) is 9.86. The van der Waals surface area contributed by atoms with Gasteiger partial charge >= 0.3 is 279 Å². The summed E-state index contributed by atoms with van der Waals surface area (Å²) >= 11 is -0.221. The van der Waals surface area contributed by atoms with Crippen molar-refractivity contribution >= 4 is 72.8 Å². The van der Waals surface area contributed by atoms with Crippen molar-refractivity contribution < 1.29 is 23.6 Å². The first-order chi connectivity index (χ1) is 20.4. The number of unbranched alkanes of at least 4 members (excludes halogenated alkanes) is 14. The van der Waals surface area contributed by atoms with Gasteiger partial charge in [0.1, 0.15) is 0 Å². The van der Waals surface area contributed by atoms with Crippen molar-refractivity contribution in [2.24, 2.45) is 0 Å². The summed E-state index contributed by atoms with van der Waals surface area (Å²) in [7, 11) is 0. The van der Waals surface area contributed by atoms with E-state index in [0.29, 0.717) is 4.44 Å². The SMILES string of the molecule is CCCCCCC[CH2][Sn]([O]C(=O)CSCCCCCC)([O]C(=O)CSCCCCCC)[O]C(=O)CSCCCCCC. The Balaban J connectivity index is 5.36. The second-order valence-electron chi connectivity index (χ2n) is 11.0. The van der Waals surface area contributed by atoms with E-state index in [1.807, 2.05) is 0 Å². The van der Waals surface area contributed by atoms with E-state index in [1.165, 1.54) is 51.4 Å². The van der Waals surface area contributed by atoms with Gasteiger partial charge < -0.3 is 0 Å². The van der Waals surface area contributed by atoms with E-state index in [-0.39, 0.29) is 17.3 Å². The number of rotatable bonds is 31. The maximum absolute atomic E-state index is 13.0. The fourth-order valence-electron chi connectivity index (χ4n) is 4.31. The van der Waals surface area contributed by atoms with Gasteiger partial charge in [-0.1, -0.05) is 0 Å². The minimum absolute atomic E-state index is 0.189. The number of carbonyl (C=O) groups excluding carboxylic acids is 3. The quantitative estimate of drug-likeness (QED) is 0.0508. The summed E-state index contributed by atoms with van der Waals surface area (Å²) in [6.45, 7) is 8.73. The second-order valence-corrected chi connectivity index (χ2v) is 21.4. The zero-order chi connectivity index (χ0) is 31.2. The Bertz CT molecular complexity index is 594. The van der Waals surface area contributed by atoms with Crippen molar-refractivity contribution in [1.29, 1.82) is 0 Å². The Morgan fingerprint density at radius 2 is 0.714 bits per heavy atom. The van der Waals surface area contributed by atoms with Crippen LogP contribution in [0, 0.1) is 0 Å². The molecule has 0 fully saturated rings. The molecule has 0 unspecified atom stereocenters. The Morgan fingerprint density at radius 3 is 1.05 bits per heavy atom. The van der Waals surface area contributed by atoms with Gasteiger partial charge in [0, 0.05) is 0 Å². The van der Waals surface area contributed by atoms with Crippen LogP contribution >= 0.6 is 35.3 Å². The molecule has 42 heavy (non-hydrogen) atoms. The van der Waals surface area contributed by atoms with Crippen LogP contribution in [0.15, 0.2) is 0 Å². The molecule has 0 aliphatic heterocycles. The summed E-state index contributed by atoms with van der Waals surface area (Å²) in [4.78, 5) is 39.1. The standard InChI is InChI=1S/3C8H16O2S.C8H17.Sn/c3*1-2-3-4-5-6-11-7-8(9)10;1-3-5-7-8-6-4-2;/h3*2-7H2,1H3,(H,9,10);1,3-8H2,2H3;/q;;;;+3/p-3. The second kappa shape index (κ2) is 31.2. The Kier molecular flexibility index (Phi) is 31.4. The van der Waals surface area contributed by atoms with Crippen molar-refractivity contribution in [3.63, 3.8) is 0 Å². The normalized spacial score (nSPS) is 11.4. The van der Waals surface area contributed by atoms with Gasteiger partial charge in [-0.2, -0.15) is 0 Å². The van der Waals surface area contributed by atoms with Gasteiger partial charge in [-0.05, 0) is 0 Å². The van der Waals surface area contributed by atoms with E-state index in [1.54, 1.807) is 35.3 Å². The van der Waals surface area contributed by atoms with E-state index in [4.69, 9.17) is 9.22 Å². The van der Waals surface area contributed by atoms with Crippen LogP contribution in [-0.2, 0) is 23.6 Å². The van der Waals surface area contributed by atoms with Gasteiger partial charge in [0.2, 0.25) is 0 Å². The molecule has 0 aromatic carbocycles. The van der Waals surface area contributed by atoms with E-state index >= 15 is 0 Å². The van der Waals surface area contributed by atoms with Gasteiger partial charge in [-0.25, -0.2) is 0 Å². The molecular weight excluding hydrogens is 695 g/mol. The molecule has 0 radical (unpaired) electrons. The van der Waals surface area contributed by atoms with Crippen LogP contribution in [-0.4, -0.2) is 72.0 Å². The molecule has 0 aliphatic rings. The third kappa shape index (κ3) is 26.6. The molecule has 0 spiro atoms. The molecule has 10 heteroatoms. The van der Waals surface area contributed by atoms with Crippen LogP contribution in [0.5, 0.6) is 0 Å². The Labute approximate surface area is 277 Å². The molecule has 6 nitrogen and oxygen atoms in total. The third-order valence-electron chi connectivity index (χ3n) is 6.73. The van der Waals surface area contributed by atoms with Crippen molar-refractivity contribution in [3.05, 3.63) is 0 Å². The van der Waals surface area contributed by atoms with Crippen LogP contribution in [0.2, 0.25) is 4.44 Å². The van der Waals surface area contributed by atoms with Gasteiger partial charge in [-0.15, -0.1) is 0 Å². The van der Waals surface area contributed by atoms with Crippen LogP contribution < -0.4 is 0 Å². The van der Waals surface area contributed by atoms with Crippen LogP contribution in [0.25, 0.3) is 0 Å². The molecule has 0 aromatic rings. The molecule has 0 N–H and O–H groups in total. The molecule has 248 valence electrons. The maximum atomic E-state index is 13.0. The summed E-state index contributed by atoms with van der Waals surface area (Å²) in [6, 6.07) is 0. The van der Waals surface area contributed by atoms with Gasteiger partial charge in [0.05, 0.1) is 0 Å². The van der Waals surface area contributed by atoms with Crippen molar-refractivity contribution in [3.8, 4) is 0 Å². The molecule has 0 heterocycles. The Morgan fingerprint density at radius 1 is 0.429 bits per heavy atom. The van der Waals surface area contributed by atoms with Crippen LogP contribution in [0.3, 0.4) is 0 Å². The molecule has 0 atom stereocenters. The summed E-state index contributed by atoms with van der Waals surface area (Å²) in [5.41, 5.74) is 0. The molecule has 0 aromatic heterocycles. The average Bonchev–Trinajstić information content (AvgIpc) is 2.96. The summed E-state index contributed by atoms with van der Waals surface area (Å²) in [5, 5.41) is 0. The van der Waals surface area contributed by atoms with E-state index in [0.717, 1.165) is 81.5 Å². The van der Waals surface area contributed by atoms with Gasteiger partial charge in [0.15, 0.2) is 0 Å². The van der Waals surface area contributed by atoms with Gasteiger partial charge in [-0.3, -0.25) is 0 Å². The predicted molar refractivity (Wildman–Crippen MR) is 187 cm³/mol. The molecule has 0 aliphatic carbocycles. The zero-order valence-corrected chi connectivity index (χ0v) is 32.7. The summed E-state index contributed by atoms with van der Waals surface area (Å²) in [6.07, 6.45) is 20.0. The van der Waals surface area contributed by atoms with Crippen molar-refractivity contribution in [1.82, 2.24) is 0 Å². The molecule has 0 saturated heterocycles. The number of thioether (sulfide) groups is 3. The van der Waals surface area contributed by atoms with Crippen LogP contribution in [0.4, 0.5) is 0 Å². The first-order valence-corrected chi connectivity index (χ1v) is 25.8. The number of hydrogen-bond donors (Lipinski definition) is 0. The Hall–Kier alpha value is 0.259. The molecular formula is C32H62O6S3Sn. The fourth-order valence-corrected chi connectivity index (χ4v) is 14.3. The molecule has 0 saturated carbocycles. The minimum atomic E-state index is -4.85. The van der Waals surface area contributed by atoms with E-state index < -0.39 is 37.5 Å².